The molecule has 1 saturated heterocycles. The van der Waals surface area contributed by atoms with Gasteiger partial charge in [0.1, 0.15) is 23.5 Å². The van der Waals surface area contributed by atoms with E-state index >= 15 is 0 Å². The number of aryl methyl sites for hydroxylation is 1. The van der Waals surface area contributed by atoms with Crippen molar-refractivity contribution < 1.29 is 28.2 Å². The zero-order chi connectivity index (χ0) is 33.6. The molecule has 0 radical (unpaired) electrons. The number of hydrogen-bond acceptors (Lipinski definition) is 9. The molecule has 11 heteroatoms. The molecule has 4 heterocycles. The Morgan fingerprint density at radius 1 is 1.04 bits per heavy atom. The van der Waals surface area contributed by atoms with Crippen molar-refractivity contribution in [3.8, 4) is 17.0 Å². The Labute approximate surface area is 283 Å². The van der Waals surface area contributed by atoms with Gasteiger partial charge in [0, 0.05) is 42.4 Å². The number of ether oxygens (including phenoxy) is 3. The normalized spacial score (nSPS) is 22.0. The van der Waals surface area contributed by atoms with Crippen molar-refractivity contribution in [2.75, 3.05) is 38.3 Å². The summed E-state index contributed by atoms with van der Waals surface area (Å²) >= 11 is 0. The summed E-state index contributed by atoms with van der Waals surface area (Å²) in [5, 5.41) is 0. The van der Waals surface area contributed by atoms with Gasteiger partial charge >= 0.3 is 12.2 Å². The van der Waals surface area contributed by atoms with E-state index in [1.807, 2.05) is 39.0 Å². The Morgan fingerprint density at radius 3 is 2.54 bits per heavy atom. The van der Waals surface area contributed by atoms with Crippen molar-refractivity contribution in [3.63, 3.8) is 0 Å². The fourth-order valence-corrected chi connectivity index (χ4v) is 7.53. The van der Waals surface area contributed by atoms with Crippen LogP contribution < -0.4 is 9.64 Å². The maximum absolute atomic E-state index is 14.0. The van der Waals surface area contributed by atoms with E-state index in [1.54, 1.807) is 24.5 Å². The summed E-state index contributed by atoms with van der Waals surface area (Å²) in [5.41, 5.74) is 3.41. The number of methoxy groups -OCH3 is 1. The summed E-state index contributed by atoms with van der Waals surface area (Å²) < 4.78 is 22.6. The number of morpholine rings is 1. The third-order valence-corrected chi connectivity index (χ3v) is 10.3. The number of carbonyl (C=O) groups excluding carboxylic acids is 2. The molecule has 0 aromatic carbocycles. The van der Waals surface area contributed by atoms with Crippen LogP contribution in [0, 0.1) is 18.8 Å². The molecule has 2 amide bonds. The maximum atomic E-state index is 14.0. The van der Waals surface area contributed by atoms with E-state index in [2.05, 4.69) is 16.0 Å². The molecule has 6 rings (SSSR count). The Morgan fingerprint density at radius 2 is 1.83 bits per heavy atom. The van der Waals surface area contributed by atoms with E-state index in [-0.39, 0.29) is 17.9 Å². The average Bonchev–Trinajstić information content (AvgIpc) is 3.62. The monoisotopic (exact) mass is 659 g/mol. The van der Waals surface area contributed by atoms with Gasteiger partial charge in [-0.2, -0.15) is 0 Å². The third-order valence-electron chi connectivity index (χ3n) is 10.3. The highest BCUT2D eigenvalue weighted by atomic mass is 16.6. The van der Waals surface area contributed by atoms with E-state index in [0.717, 1.165) is 74.1 Å². The number of nitrogens with zero attached hydrogens (tertiary/aromatic N) is 5. The van der Waals surface area contributed by atoms with Gasteiger partial charge in [0.15, 0.2) is 5.89 Å². The number of rotatable bonds is 8. The number of anilines is 1. The number of aromatic nitrogens is 3. The quantitative estimate of drug-likeness (QED) is 0.222. The standard InChI is InChI=1S/C37H49N5O6/c1-24(2)35-40-31(22-47-35)29-16-17-38-34(20-29)42(21-26-10-12-27(13-11-26)30-14-15-33(45-4)25(3)39-30)37(44)48-36(43)41-18-19-46-23-32(41)28-8-6-5-7-9-28/h14-17,20,22,24,26-28,32H,5-13,18-19,21,23H2,1-4H3/t26-,27-,32?. The summed E-state index contributed by atoms with van der Waals surface area (Å²) in [6, 6.07) is 7.63. The van der Waals surface area contributed by atoms with Gasteiger partial charge in [-0.1, -0.05) is 33.1 Å². The molecular formula is C37H49N5O6. The second-order valence-electron chi connectivity index (χ2n) is 13.8. The molecule has 0 spiro atoms. The summed E-state index contributed by atoms with van der Waals surface area (Å²) in [6.07, 6.45) is 11.3. The molecule has 0 bridgehead atoms. The first-order valence-corrected chi connectivity index (χ1v) is 17.6. The minimum atomic E-state index is -0.712. The van der Waals surface area contributed by atoms with Crippen LogP contribution in [-0.4, -0.2) is 71.5 Å². The first-order chi connectivity index (χ1) is 23.3. The number of amides is 2. The number of hydrogen-bond donors (Lipinski definition) is 0. The molecule has 258 valence electrons. The molecule has 48 heavy (non-hydrogen) atoms. The van der Waals surface area contributed by atoms with Gasteiger partial charge in [-0.05, 0) is 81.5 Å². The highest BCUT2D eigenvalue weighted by Crippen LogP contribution is 2.37. The largest absolute Gasteiger partial charge is 0.495 e. The predicted molar refractivity (Wildman–Crippen MR) is 181 cm³/mol. The SMILES string of the molecule is COc1ccc([C@H]2CC[C@H](CN(C(=O)OC(=O)N3CCOCC3C3CCCCC3)c3cc(-c4coc(C(C)C)n4)ccn3)CC2)nc1C. The van der Waals surface area contributed by atoms with Crippen molar-refractivity contribution in [1.29, 1.82) is 0 Å². The van der Waals surface area contributed by atoms with E-state index in [9.17, 15) is 9.59 Å². The summed E-state index contributed by atoms with van der Waals surface area (Å²) in [6.45, 7) is 7.72. The molecule has 3 aromatic heterocycles. The molecule has 1 atom stereocenters. The van der Waals surface area contributed by atoms with Crippen LogP contribution in [0.25, 0.3) is 11.3 Å². The van der Waals surface area contributed by atoms with Gasteiger partial charge in [-0.3, -0.25) is 14.8 Å². The lowest BCUT2D eigenvalue weighted by atomic mass is 9.80. The second-order valence-corrected chi connectivity index (χ2v) is 13.8. The van der Waals surface area contributed by atoms with Crippen molar-refractivity contribution in [1.82, 2.24) is 19.9 Å². The second kappa shape index (κ2) is 15.5. The first kappa shape index (κ1) is 33.9. The predicted octanol–water partition coefficient (Wildman–Crippen LogP) is 7.89. The molecule has 2 saturated carbocycles. The molecule has 0 N–H and O–H groups in total. The van der Waals surface area contributed by atoms with Crippen LogP contribution >= 0.6 is 0 Å². The van der Waals surface area contributed by atoms with E-state index in [0.29, 0.717) is 55.5 Å². The molecule has 1 unspecified atom stereocenters. The van der Waals surface area contributed by atoms with Crippen LogP contribution in [0.2, 0.25) is 0 Å². The molecule has 3 aliphatic rings. The minimum absolute atomic E-state index is 0.0814. The van der Waals surface area contributed by atoms with E-state index in [1.165, 1.54) is 11.3 Å². The first-order valence-electron chi connectivity index (χ1n) is 17.6. The zero-order valence-electron chi connectivity index (χ0n) is 28.7. The Balaban J connectivity index is 1.20. The lowest BCUT2D eigenvalue weighted by Crippen LogP contribution is -2.53. The highest BCUT2D eigenvalue weighted by molar-refractivity contribution is 5.94. The minimum Gasteiger partial charge on any atom is -0.495 e. The average molecular weight is 660 g/mol. The zero-order valence-corrected chi connectivity index (χ0v) is 28.7. The van der Waals surface area contributed by atoms with Crippen LogP contribution in [0.15, 0.2) is 41.1 Å². The van der Waals surface area contributed by atoms with Crippen LogP contribution in [0.5, 0.6) is 5.75 Å². The van der Waals surface area contributed by atoms with Gasteiger partial charge in [-0.15, -0.1) is 0 Å². The molecule has 1 aliphatic heterocycles. The van der Waals surface area contributed by atoms with Crippen LogP contribution in [0.3, 0.4) is 0 Å². The van der Waals surface area contributed by atoms with Crippen LogP contribution in [-0.2, 0) is 9.47 Å². The third kappa shape index (κ3) is 7.83. The highest BCUT2D eigenvalue weighted by Gasteiger charge is 2.37. The van der Waals surface area contributed by atoms with Gasteiger partial charge < -0.3 is 18.6 Å². The van der Waals surface area contributed by atoms with Crippen LogP contribution in [0.4, 0.5) is 15.4 Å². The maximum Gasteiger partial charge on any atom is 0.424 e. The van der Waals surface area contributed by atoms with E-state index < -0.39 is 12.2 Å². The molecule has 2 aliphatic carbocycles. The van der Waals surface area contributed by atoms with Crippen molar-refractivity contribution in [3.05, 3.63) is 54.0 Å². The summed E-state index contributed by atoms with van der Waals surface area (Å²) in [7, 11) is 1.66. The molecular weight excluding hydrogens is 610 g/mol. The smallest absolute Gasteiger partial charge is 0.424 e. The van der Waals surface area contributed by atoms with Crippen molar-refractivity contribution >= 4 is 18.0 Å². The lowest BCUT2D eigenvalue weighted by Gasteiger charge is -2.40. The number of carbonyl (C=O) groups is 2. The Bertz CT molecular complexity index is 1540. The Kier molecular flexibility index (Phi) is 10.9. The lowest BCUT2D eigenvalue weighted by molar-refractivity contribution is -0.0276. The van der Waals surface area contributed by atoms with Crippen molar-refractivity contribution in [2.24, 2.45) is 11.8 Å². The summed E-state index contributed by atoms with van der Waals surface area (Å²) in [4.78, 5) is 45.0. The Hall–Kier alpha value is -3.99. The number of pyridine rings is 2. The van der Waals surface area contributed by atoms with Gasteiger partial charge in [0.2, 0.25) is 0 Å². The van der Waals surface area contributed by atoms with Gasteiger partial charge in [-0.25, -0.2) is 19.6 Å². The van der Waals surface area contributed by atoms with Crippen LogP contribution in [0.1, 0.15) is 101 Å². The van der Waals surface area contributed by atoms with Gasteiger partial charge in [0.05, 0.1) is 32.1 Å². The topological polar surface area (TPSA) is 120 Å². The molecule has 3 fully saturated rings. The van der Waals surface area contributed by atoms with Crippen molar-refractivity contribution in [2.45, 2.75) is 96.4 Å². The number of oxazole rings is 1. The van der Waals surface area contributed by atoms with E-state index in [4.69, 9.17) is 23.6 Å². The molecule has 3 aromatic rings. The molecule has 11 nitrogen and oxygen atoms in total. The fourth-order valence-electron chi connectivity index (χ4n) is 7.53. The van der Waals surface area contributed by atoms with Gasteiger partial charge in [0.25, 0.3) is 0 Å². The fraction of sp³-hybridized carbons (Fsp3) is 0.595. The summed E-state index contributed by atoms with van der Waals surface area (Å²) in [5.74, 6) is 2.89.